The third kappa shape index (κ3) is 6.46. The quantitative estimate of drug-likeness (QED) is 0.543. The van der Waals surface area contributed by atoms with Gasteiger partial charge in [-0.05, 0) is 25.0 Å². The van der Waals surface area contributed by atoms with E-state index in [0.717, 1.165) is 15.2 Å². The van der Waals surface area contributed by atoms with Gasteiger partial charge in [0.15, 0.2) is 4.34 Å². The van der Waals surface area contributed by atoms with E-state index in [1.54, 1.807) is 0 Å². The van der Waals surface area contributed by atoms with Gasteiger partial charge in [0, 0.05) is 50.9 Å². The summed E-state index contributed by atoms with van der Waals surface area (Å²) in [4.78, 5) is 29.0. The molecule has 2 saturated heterocycles. The van der Waals surface area contributed by atoms with E-state index >= 15 is 0 Å². The van der Waals surface area contributed by atoms with Crippen LogP contribution in [0.15, 0.2) is 34.7 Å². The summed E-state index contributed by atoms with van der Waals surface area (Å²) in [5.41, 5.74) is 0.763. The molecule has 1 aromatic heterocycles. The van der Waals surface area contributed by atoms with E-state index in [1.165, 1.54) is 33.7 Å². The van der Waals surface area contributed by atoms with Gasteiger partial charge in [0.25, 0.3) is 0 Å². The van der Waals surface area contributed by atoms with Crippen LogP contribution in [0.3, 0.4) is 0 Å². The standard InChI is InChI=1S/C21H28N6O4S3/c1-34(30,31)27-9-7-16(8-10-27)19(29)25-11-13-26(14-12-25)20-23-24-21(33-20)32-15-18(28)22-17-5-3-2-4-6-17/h2-6,16H,7-15H2,1H3,(H,22,28). The lowest BCUT2D eigenvalue weighted by Crippen LogP contribution is -2.52. The fourth-order valence-corrected chi connectivity index (χ4v) is 6.61. The Hall–Kier alpha value is -2.22. The van der Waals surface area contributed by atoms with Crippen LogP contribution in [0.1, 0.15) is 12.8 Å². The predicted molar refractivity (Wildman–Crippen MR) is 134 cm³/mol. The van der Waals surface area contributed by atoms with Gasteiger partial charge in [0.2, 0.25) is 27.0 Å². The van der Waals surface area contributed by atoms with Gasteiger partial charge in [-0.15, -0.1) is 10.2 Å². The van der Waals surface area contributed by atoms with Crippen LogP contribution in [0.25, 0.3) is 0 Å². The molecule has 0 unspecified atom stereocenters. The van der Waals surface area contributed by atoms with Crippen LogP contribution in [-0.4, -0.2) is 90.9 Å². The number of rotatable bonds is 7. The van der Waals surface area contributed by atoms with Crippen LogP contribution >= 0.6 is 23.1 Å². The molecule has 13 heteroatoms. The molecule has 0 saturated carbocycles. The van der Waals surface area contributed by atoms with Gasteiger partial charge in [-0.1, -0.05) is 41.3 Å². The lowest BCUT2D eigenvalue weighted by atomic mass is 9.96. The molecule has 2 aliphatic heterocycles. The molecule has 0 radical (unpaired) electrons. The van der Waals surface area contributed by atoms with Gasteiger partial charge < -0.3 is 15.1 Å². The second-order valence-electron chi connectivity index (χ2n) is 8.30. The van der Waals surface area contributed by atoms with E-state index in [0.29, 0.717) is 52.1 Å². The second-order valence-corrected chi connectivity index (χ2v) is 12.5. The Bertz CT molecular complexity index is 1090. The van der Waals surface area contributed by atoms with Crippen molar-refractivity contribution < 1.29 is 18.0 Å². The number of piperidine rings is 1. The average molecular weight is 525 g/mol. The number of para-hydroxylation sites is 1. The van der Waals surface area contributed by atoms with Crippen molar-refractivity contribution in [2.24, 2.45) is 5.92 Å². The van der Waals surface area contributed by atoms with Crippen LogP contribution in [0, 0.1) is 5.92 Å². The maximum atomic E-state index is 12.9. The number of benzene rings is 1. The van der Waals surface area contributed by atoms with Crippen molar-refractivity contribution in [2.75, 3.05) is 61.5 Å². The fraction of sp³-hybridized carbons (Fsp3) is 0.524. The second kappa shape index (κ2) is 11.0. The molecule has 3 heterocycles. The molecular weight excluding hydrogens is 496 g/mol. The molecule has 0 spiro atoms. The summed E-state index contributed by atoms with van der Waals surface area (Å²) in [7, 11) is -3.19. The number of nitrogens with one attached hydrogen (secondary N) is 1. The summed E-state index contributed by atoms with van der Waals surface area (Å²) < 4.78 is 25.5. The van der Waals surface area contributed by atoms with Crippen molar-refractivity contribution in [3.8, 4) is 0 Å². The van der Waals surface area contributed by atoms with Crippen LogP contribution in [-0.2, 0) is 19.6 Å². The van der Waals surface area contributed by atoms with Crippen molar-refractivity contribution in [2.45, 2.75) is 17.2 Å². The number of thioether (sulfide) groups is 1. The molecule has 184 valence electrons. The SMILES string of the molecule is CS(=O)(=O)N1CCC(C(=O)N2CCN(c3nnc(SCC(=O)Nc4ccccc4)s3)CC2)CC1. The topological polar surface area (TPSA) is 116 Å². The molecule has 10 nitrogen and oxygen atoms in total. The molecule has 0 bridgehead atoms. The molecule has 2 fully saturated rings. The zero-order chi connectivity index (χ0) is 24.1. The first-order chi connectivity index (χ1) is 16.3. The van der Waals surface area contributed by atoms with E-state index < -0.39 is 10.0 Å². The number of piperazine rings is 1. The van der Waals surface area contributed by atoms with Crippen molar-refractivity contribution in [1.82, 2.24) is 19.4 Å². The first-order valence-corrected chi connectivity index (χ1v) is 14.7. The number of hydrogen-bond donors (Lipinski definition) is 1. The molecule has 2 aliphatic rings. The Morgan fingerprint density at radius 3 is 2.38 bits per heavy atom. The molecule has 1 N–H and O–H groups in total. The first-order valence-electron chi connectivity index (χ1n) is 11.1. The Morgan fingerprint density at radius 2 is 1.74 bits per heavy atom. The van der Waals surface area contributed by atoms with E-state index in [9.17, 15) is 18.0 Å². The van der Waals surface area contributed by atoms with Crippen LogP contribution in [0.5, 0.6) is 0 Å². The van der Waals surface area contributed by atoms with Crippen LogP contribution < -0.4 is 10.2 Å². The Balaban J connectivity index is 1.21. The van der Waals surface area contributed by atoms with E-state index in [4.69, 9.17) is 0 Å². The molecule has 1 aromatic carbocycles. The van der Waals surface area contributed by atoms with Gasteiger partial charge in [0.05, 0.1) is 12.0 Å². The highest BCUT2D eigenvalue weighted by Crippen LogP contribution is 2.29. The van der Waals surface area contributed by atoms with Gasteiger partial charge >= 0.3 is 0 Å². The summed E-state index contributed by atoms with van der Waals surface area (Å²) in [6.45, 7) is 3.36. The number of carbonyl (C=O) groups is 2. The number of hydrogen-bond acceptors (Lipinski definition) is 9. The third-order valence-corrected chi connectivity index (χ3v) is 9.33. The van der Waals surface area contributed by atoms with Gasteiger partial charge in [0.1, 0.15) is 0 Å². The van der Waals surface area contributed by atoms with E-state index in [1.807, 2.05) is 35.2 Å². The summed E-state index contributed by atoms with van der Waals surface area (Å²) in [5, 5.41) is 12.1. The largest absolute Gasteiger partial charge is 0.343 e. The number of amides is 2. The van der Waals surface area contributed by atoms with E-state index in [2.05, 4.69) is 20.4 Å². The molecule has 4 rings (SSSR count). The minimum absolute atomic E-state index is 0.0950. The molecule has 0 aliphatic carbocycles. The Morgan fingerprint density at radius 1 is 1.06 bits per heavy atom. The van der Waals surface area contributed by atoms with Crippen molar-refractivity contribution in [3.05, 3.63) is 30.3 Å². The predicted octanol–water partition coefficient (Wildman–Crippen LogP) is 1.59. The zero-order valence-corrected chi connectivity index (χ0v) is 21.4. The first kappa shape index (κ1) is 24.9. The minimum atomic E-state index is -3.19. The van der Waals surface area contributed by atoms with Crippen LogP contribution in [0.4, 0.5) is 10.8 Å². The highest BCUT2D eigenvalue weighted by Gasteiger charge is 2.33. The molecule has 2 amide bonds. The Labute approximate surface area is 207 Å². The smallest absolute Gasteiger partial charge is 0.234 e. The minimum Gasteiger partial charge on any atom is -0.343 e. The Kier molecular flexibility index (Phi) is 8.06. The van der Waals surface area contributed by atoms with Crippen molar-refractivity contribution >= 4 is 55.8 Å². The maximum absolute atomic E-state index is 12.9. The van der Waals surface area contributed by atoms with Crippen molar-refractivity contribution in [1.29, 1.82) is 0 Å². The normalized spacial score (nSPS) is 18.1. The van der Waals surface area contributed by atoms with Gasteiger partial charge in [-0.2, -0.15) is 0 Å². The zero-order valence-electron chi connectivity index (χ0n) is 18.9. The molecule has 0 atom stereocenters. The fourth-order valence-electron chi connectivity index (χ4n) is 4.05. The van der Waals surface area contributed by atoms with Crippen molar-refractivity contribution in [3.63, 3.8) is 0 Å². The highest BCUT2D eigenvalue weighted by molar-refractivity contribution is 8.01. The summed E-state index contributed by atoms with van der Waals surface area (Å²) in [6, 6.07) is 9.32. The number of carbonyl (C=O) groups excluding carboxylic acids is 2. The van der Waals surface area contributed by atoms with Crippen LogP contribution in [0.2, 0.25) is 0 Å². The van der Waals surface area contributed by atoms with Gasteiger partial charge in [-0.3, -0.25) is 9.59 Å². The maximum Gasteiger partial charge on any atom is 0.234 e. The third-order valence-electron chi connectivity index (χ3n) is 5.91. The molecule has 2 aromatic rings. The summed E-state index contributed by atoms with van der Waals surface area (Å²) in [5.74, 6) is 0.161. The average Bonchev–Trinajstić information content (AvgIpc) is 3.32. The van der Waals surface area contributed by atoms with Gasteiger partial charge in [-0.25, -0.2) is 12.7 Å². The number of sulfonamides is 1. The number of aromatic nitrogens is 2. The number of anilines is 2. The molecular formula is C21H28N6O4S3. The highest BCUT2D eigenvalue weighted by atomic mass is 32.2. The van der Waals surface area contributed by atoms with E-state index in [-0.39, 0.29) is 23.5 Å². The summed E-state index contributed by atoms with van der Waals surface area (Å²) in [6.07, 6.45) is 2.35. The number of nitrogens with zero attached hydrogens (tertiary/aromatic N) is 5. The lowest BCUT2D eigenvalue weighted by molar-refractivity contribution is -0.137. The lowest BCUT2D eigenvalue weighted by Gasteiger charge is -2.38. The molecule has 34 heavy (non-hydrogen) atoms. The summed E-state index contributed by atoms with van der Waals surface area (Å²) >= 11 is 2.80. The monoisotopic (exact) mass is 524 g/mol.